The number of fused-ring (bicyclic) bond motifs is 1. The molecule has 2 aliphatic heterocycles. The van der Waals surface area contributed by atoms with Crippen LogP contribution in [0.3, 0.4) is 0 Å². The second-order valence-electron chi connectivity index (χ2n) is 4.42. The molecule has 1 fully saturated rings. The third-order valence-electron chi connectivity index (χ3n) is 3.21. The van der Waals surface area contributed by atoms with Crippen LogP contribution in [0.5, 0.6) is 0 Å². The summed E-state index contributed by atoms with van der Waals surface area (Å²) in [5.41, 5.74) is 2.39. The average Bonchev–Trinajstić information content (AvgIpc) is 2.81. The number of benzene rings is 1. The summed E-state index contributed by atoms with van der Waals surface area (Å²) in [5, 5.41) is 6.08. The lowest BCUT2D eigenvalue weighted by Crippen LogP contribution is -2.19. The number of anilines is 1. The Labute approximate surface area is 115 Å². The number of carbonyl (C=O) groups excluding carboxylic acids is 1. The van der Waals surface area contributed by atoms with Gasteiger partial charge in [0.25, 0.3) is 5.91 Å². The molecule has 1 aromatic carbocycles. The number of carbonyl (C=O) groups is 1. The van der Waals surface area contributed by atoms with Crippen molar-refractivity contribution in [3.8, 4) is 0 Å². The molecule has 1 aromatic rings. The zero-order chi connectivity index (χ0) is 12.7. The maximum absolute atomic E-state index is 11.7. The van der Waals surface area contributed by atoms with E-state index in [9.17, 15) is 4.79 Å². The SMILES string of the molecule is C[C@H]1Nc2ccccc2[C@H]1/C=C1\SC(=S)NC1=O. The zero-order valence-corrected chi connectivity index (χ0v) is 11.4. The quantitative estimate of drug-likeness (QED) is 0.611. The highest BCUT2D eigenvalue weighted by Gasteiger charge is 2.30. The molecule has 2 N–H and O–H groups in total. The number of thiocarbonyl (C=S) groups is 1. The number of rotatable bonds is 1. The highest BCUT2D eigenvalue weighted by molar-refractivity contribution is 8.26. The van der Waals surface area contributed by atoms with E-state index in [2.05, 4.69) is 29.7 Å². The molecular weight excluding hydrogens is 264 g/mol. The van der Waals surface area contributed by atoms with Crippen LogP contribution in [0.2, 0.25) is 0 Å². The molecule has 2 aliphatic rings. The first-order chi connectivity index (χ1) is 8.65. The third-order valence-corrected chi connectivity index (χ3v) is 4.40. The van der Waals surface area contributed by atoms with Gasteiger partial charge in [-0.15, -0.1) is 0 Å². The molecule has 5 heteroatoms. The molecule has 0 aromatic heterocycles. The van der Waals surface area contributed by atoms with Gasteiger partial charge in [-0.05, 0) is 18.6 Å². The Morgan fingerprint density at radius 1 is 1.39 bits per heavy atom. The summed E-state index contributed by atoms with van der Waals surface area (Å²) < 4.78 is 0.540. The summed E-state index contributed by atoms with van der Waals surface area (Å²) in [4.78, 5) is 12.4. The monoisotopic (exact) mass is 276 g/mol. The number of para-hydroxylation sites is 1. The van der Waals surface area contributed by atoms with Crippen molar-refractivity contribution in [1.82, 2.24) is 5.32 Å². The molecule has 0 radical (unpaired) electrons. The molecule has 92 valence electrons. The van der Waals surface area contributed by atoms with E-state index in [4.69, 9.17) is 12.2 Å². The smallest absolute Gasteiger partial charge is 0.263 e. The van der Waals surface area contributed by atoms with Crippen molar-refractivity contribution >= 4 is 39.9 Å². The van der Waals surface area contributed by atoms with E-state index in [0.29, 0.717) is 9.23 Å². The van der Waals surface area contributed by atoms with Gasteiger partial charge in [-0.2, -0.15) is 0 Å². The molecule has 0 bridgehead atoms. The van der Waals surface area contributed by atoms with Crippen LogP contribution in [0.1, 0.15) is 18.4 Å². The number of nitrogens with one attached hydrogen (secondary N) is 2. The number of hydrogen-bond donors (Lipinski definition) is 2. The lowest BCUT2D eigenvalue weighted by Gasteiger charge is -2.11. The van der Waals surface area contributed by atoms with Gasteiger partial charge in [-0.1, -0.05) is 48.3 Å². The van der Waals surface area contributed by atoms with E-state index in [0.717, 1.165) is 5.69 Å². The Morgan fingerprint density at radius 2 is 2.17 bits per heavy atom. The summed E-state index contributed by atoms with van der Waals surface area (Å²) in [6.07, 6.45) is 2.02. The van der Waals surface area contributed by atoms with Crippen LogP contribution in [0.4, 0.5) is 5.69 Å². The third kappa shape index (κ3) is 1.93. The zero-order valence-electron chi connectivity index (χ0n) is 9.77. The summed E-state index contributed by atoms with van der Waals surface area (Å²) in [7, 11) is 0. The van der Waals surface area contributed by atoms with Crippen molar-refractivity contribution < 1.29 is 4.79 Å². The molecule has 1 amide bonds. The van der Waals surface area contributed by atoms with Gasteiger partial charge in [0, 0.05) is 17.6 Å². The van der Waals surface area contributed by atoms with Crippen molar-refractivity contribution in [2.45, 2.75) is 18.9 Å². The van der Waals surface area contributed by atoms with Crippen molar-refractivity contribution in [1.29, 1.82) is 0 Å². The van der Waals surface area contributed by atoms with Crippen molar-refractivity contribution in [3.05, 3.63) is 40.8 Å². The van der Waals surface area contributed by atoms with Gasteiger partial charge in [-0.25, -0.2) is 0 Å². The van der Waals surface area contributed by atoms with Crippen LogP contribution in [0, 0.1) is 0 Å². The van der Waals surface area contributed by atoms with Gasteiger partial charge >= 0.3 is 0 Å². The van der Waals surface area contributed by atoms with Crippen LogP contribution < -0.4 is 10.6 Å². The molecule has 0 unspecified atom stereocenters. The Hall–Kier alpha value is -1.33. The van der Waals surface area contributed by atoms with Crippen molar-refractivity contribution in [2.24, 2.45) is 0 Å². The molecule has 0 spiro atoms. The van der Waals surface area contributed by atoms with Crippen LogP contribution in [-0.2, 0) is 4.79 Å². The standard InChI is InChI=1S/C13H12N2OS2/c1-7-9(6-11-12(16)15-13(17)18-11)8-4-2-3-5-10(8)14-7/h2-7,9,14H,1H3,(H,15,16,17)/b11-6-/t7-,9+/m1/s1. The molecule has 2 heterocycles. The Morgan fingerprint density at radius 3 is 2.89 bits per heavy atom. The second kappa shape index (κ2) is 4.40. The molecular formula is C13H12N2OS2. The maximum Gasteiger partial charge on any atom is 0.263 e. The maximum atomic E-state index is 11.7. The Bertz CT molecular complexity index is 568. The van der Waals surface area contributed by atoms with Gasteiger partial charge in [-0.3, -0.25) is 4.79 Å². The predicted molar refractivity (Wildman–Crippen MR) is 78.7 cm³/mol. The molecule has 0 saturated carbocycles. The molecule has 1 saturated heterocycles. The minimum absolute atomic E-state index is 0.0819. The van der Waals surface area contributed by atoms with Crippen LogP contribution in [0.25, 0.3) is 0 Å². The van der Waals surface area contributed by atoms with Crippen molar-refractivity contribution in [2.75, 3.05) is 5.32 Å². The Kier molecular flexibility index (Phi) is 2.87. The number of hydrogen-bond acceptors (Lipinski definition) is 4. The fourth-order valence-electron chi connectivity index (χ4n) is 2.36. The summed E-state index contributed by atoms with van der Waals surface area (Å²) >= 11 is 6.34. The number of thioether (sulfide) groups is 1. The van der Waals surface area contributed by atoms with E-state index in [1.165, 1.54) is 17.3 Å². The average molecular weight is 276 g/mol. The van der Waals surface area contributed by atoms with Crippen molar-refractivity contribution in [3.63, 3.8) is 0 Å². The van der Waals surface area contributed by atoms with E-state index in [-0.39, 0.29) is 17.9 Å². The normalized spacial score (nSPS) is 28.2. The fourth-order valence-corrected chi connectivity index (χ4v) is 3.42. The second-order valence-corrected chi connectivity index (χ2v) is 6.14. The molecule has 18 heavy (non-hydrogen) atoms. The van der Waals surface area contributed by atoms with Crippen LogP contribution in [0.15, 0.2) is 35.2 Å². The highest BCUT2D eigenvalue weighted by Crippen LogP contribution is 2.39. The van der Waals surface area contributed by atoms with E-state index < -0.39 is 0 Å². The predicted octanol–water partition coefficient (Wildman–Crippen LogP) is 2.62. The minimum atomic E-state index is -0.0819. The first kappa shape index (κ1) is 11.7. The van der Waals surface area contributed by atoms with Crippen LogP contribution in [-0.4, -0.2) is 16.3 Å². The summed E-state index contributed by atoms with van der Waals surface area (Å²) in [6.45, 7) is 2.12. The first-order valence-corrected chi connectivity index (χ1v) is 6.98. The fraction of sp³-hybridized carbons (Fsp3) is 0.231. The molecule has 3 rings (SSSR count). The van der Waals surface area contributed by atoms with Gasteiger partial charge in [0.2, 0.25) is 0 Å². The lowest BCUT2D eigenvalue weighted by atomic mass is 9.95. The lowest BCUT2D eigenvalue weighted by molar-refractivity contribution is -0.115. The van der Waals surface area contributed by atoms with Crippen LogP contribution >= 0.6 is 24.0 Å². The van der Waals surface area contributed by atoms with Gasteiger partial charge in [0.15, 0.2) is 0 Å². The largest absolute Gasteiger partial charge is 0.381 e. The first-order valence-electron chi connectivity index (χ1n) is 5.75. The summed E-state index contributed by atoms with van der Waals surface area (Å²) in [5.74, 6) is 0.136. The van der Waals surface area contributed by atoms with Gasteiger partial charge < -0.3 is 10.6 Å². The summed E-state index contributed by atoms with van der Waals surface area (Å²) in [6, 6.07) is 8.49. The van der Waals surface area contributed by atoms with Gasteiger partial charge in [0.1, 0.15) is 4.32 Å². The van der Waals surface area contributed by atoms with E-state index in [1.54, 1.807) is 0 Å². The minimum Gasteiger partial charge on any atom is -0.381 e. The molecule has 0 aliphatic carbocycles. The van der Waals surface area contributed by atoms with Gasteiger partial charge in [0.05, 0.1) is 4.91 Å². The Balaban J connectivity index is 1.96. The highest BCUT2D eigenvalue weighted by atomic mass is 32.2. The molecule has 2 atom stereocenters. The topological polar surface area (TPSA) is 41.1 Å². The molecule has 3 nitrogen and oxygen atoms in total. The van der Waals surface area contributed by atoms with E-state index >= 15 is 0 Å². The van der Waals surface area contributed by atoms with E-state index in [1.807, 2.05) is 18.2 Å². The number of amides is 1.